The van der Waals surface area contributed by atoms with Crippen LogP contribution in [0.5, 0.6) is 0 Å². The maximum atomic E-state index is 11.9. The molecule has 6 heteroatoms. The summed E-state index contributed by atoms with van der Waals surface area (Å²) in [7, 11) is 0. The van der Waals surface area contributed by atoms with Gasteiger partial charge in [0, 0.05) is 17.2 Å². The summed E-state index contributed by atoms with van der Waals surface area (Å²) in [5.74, 6) is 0.304. The number of hydrogen-bond donors (Lipinski definition) is 1. The molecule has 2 heterocycles. The number of rotatable bonds is 3. The zero-order valence-electron chi connectivity index (χ0n) is 10.2. The van der Waals surface area contributed by atoms with Gasteiger partial charge < -0.3 is 5.32 Å². The third-order valence-corrected chi connectivity index (χ3v) is 3.76. The van der Waals surface area contributed by atoms with Crippen molar-refractivity contribution >= 4 is 33.6 Å². The maximum Gasteiger partial charge on any atom is 0.252 e. The summed E-state index contributed by atoms with van der Waals surface area (Å²) in [5, 5.41) is 3.01. The highest BCUT2D eigenvalue weighted by molar-refractivity contribution is 9.10. The normalized spacial score (nSPS) is 19.5. The van der Waals surface area contributed by atoms with Gasteiger partial charge in [0.25, 0.3) is 5.91 Å². The van der Waals surface area contributed by atoms with Gasteiger partial charge in [-0.2, -0.15) is 0 Å². The Hall–Kier alpha value is -1.43. The van der Waals surface area contributed by atoms with Crippen molar-refractivity contribution in [1.82, 2.24) is 9.88 Å². The van der Waals surface area contributed by atoms with Crippen LogP contribution in [0.3, 0.4) is 0 Å². The van der Waals surface area contributed by atoms with Gasteiger partial charge in [-0.1, -0.05) is 0 Å². The summed E-state index contributed by atoms with van der Waals surface area (Å²) in [6, 6.07) is 1.35. The van der Waals surface area contributed by atoms with Crippen molar-refractivity contribution in [2.45, 2.75) is 26.3 Å². The van der Waals surface area contributed by atoms with Gasteiger partial charge in [0.2, 0.25) is 5.91 Å². The molecule has 0 saturated carbocycles. The van der Waals surface area contributed by atoms with Crippen LogP contribution in [0.2, 0.25) is 0 Å². The highest BCUT2D eigenvalue weighted by atomic mass is 79.9. The SMILES string of the molecule is CCN1C(=O)CC(Nc2cc(C)c(Br)cn2)C1=O. The number of imide groups is 1. The number of amides is 2. The fourth-order valence-corrected chi connectivity index (χ4v) is 2.14. The van der Waals surface area contributed by atoms with Crippen molar-refractivity contribution in [2.24, 2.45) is 0 Å². The van der Waals surface area contributed by atoms with Gasteiger partial charge in [0.05, 0.1) is 6.42 Å². The third-order valence-electron chi connectivity index (χ3n) is 2.93. The molecule has 1 aliphatic rings. The van der Waals surface area contributed by atoms with E-state index in [0.717, 1.165) is 10.0 Å². The molecule has 0 bridgehead atoms. The predicted octanol–water partition coefficient (Wildman–Crippen LogP) is 1.71. The van der Waals surface area contributed by atoms with Gasteiger partial charge in [-0.05, 0) is 41.4 Å². The van der Waals surface area contributed by atoms with E-state index < -0.39 is 6.04 Å². The molecule has 1 unspecified atom stereocenters. The molecule has 0 aliphatic carbocycles. The number of nitrogens with one attached hydrogen (secondary N) is 1. The van der Waals surface area contributed by atoms with Crippen molar-refractivity contribution in [2.75, 3.05) is 11.9 Å². The lowest BCUT2D eigenvalue weighted by atomic mass is 10.2. The van der Waals surface area contributed by atoms with Crippen LogP contribution in [-0.4, -0.2) is 34.3 Å². The Morgan fingerprint density at radius 3 is 2.83 bits per heavy atom. The summed E-state index contributed by atoms with van der Waals surface area (Å²) in [5.41, 5.74) is 1.02. The highest BCUT2D eigenvalue weighted by Crippen LogP contribution is 2.20. The van der Waals surface area contributed by atoms with Crippen LogP contribution in [-0.2, 0) is 9.59 Å². The van der Waals surface area contributed by atoms with Crippen molar-refractivity contribution in [3.05, 3.63) is 22.3 Å². The monoisotopic (exact) mass is 311 g/mol. The van der Waals surface area contributed by atoms with Gasteiger partial charge in [-0.15, -0.1) is 0 Å². The summed E-state index contributed by atoms with van der Waals surface area (Å²) in [6.45, 7) is 4.15. The first-order valence-electron chi connectivity index (χ1n) is 5.75. The Bertz CT molecular complexity index is 504. The van der Waals surface area contributed by atoms with E-state index in [1.54, 1.807) is 13.1 Å². The molecule has 1 saturated heterocycles. The molecular formula is C12H14BrN3O2. The number of aromatic nitrogens is 1. The first kappa shape index (κ1) is 13.0. The molecule has 0 aromatic carbocycles. The molecule has 96 valence electrons. The third kappa shape index (κ3) is 2.38. The molecule has 1 aromatic heterocycles. The Kier molecular flexibility index (Phi) is 3.65. The second-order valence-corrected chi connectivity index (χ2v) is 5.05. The summed E-state index contributed by atoms with van der Waals surface area (Å²) < 4.78 is 0.914. The molecule has 1 atom stereocenters. The smallest absolute Gasteiger partial charge is 0.252 e. The first-order valence-corrected chi connectivity index (χ1v) is 6.55. The molecule has 5 nitrogen and oxygen atoms in total. The number of halogens is 1. The van der Waals surface area contributed by atoms with Gasteiger partial charge in [0.15, 0.2) is 0 Å². The average Bonchev–Trinajstić information content (AvgIpc) is 2.59. The minimum absolute atomic E-state index is 0.131. The first-order chi connectivity index (χ1) is 8.52. The molecule has 2 rings (SSSR count). The van der Waals surface area contributed by atoms with Crippen molar-refractivity contribution in [1.29, 1.82) is 0 Å². The molecule has 18 heavy (non-hydrogen) atoms. The lowest BCUT2D eigenvalue weighted by molar-refractivity contribution is -0.138. The number of carbonyl (C=O) groups excluding carboxylic acids is 2. The zero-order chi connectivity index (χ0) is 13.3. The number of carbonyl (C=O) groups is 2. The largest absolute Gasteiger partial charge is 0.358 e. The predicted molar refractivity (Wildman–Crippen MR) is 71.1 cm³/mol. The van der Waals surface area contributed by atoms with Crippen LogP contribution in [0.15, 0.2) is 16.7 Å². The Morgan fingerprint density at radius 1 is 1.56 bits per heavy atom. The summed E-state index contributed by atoms with van der Waals surface area (Å²) in [6.07, 6.45) is 1.87. The number of anilines is 1. The van der Waals surface area contributed by atoms with Crippen LogP contribution in [0.25, 0.3) is 0 Å². The fourth-order valence-electron chi connectivity index (χ4n) is 1.92. The lowest BCUT2D eigenvalue weighted by Gasteiger charge is -2.13. The average molecular weight is 312 g/mol. The molecule has 0 spiro atoms. The van der Waals surface area contributed by atoms with Crippen LogP contribution in [0.1, 0.15) is 18.9 Å². The van der Waals surface area contributed by atoms with E-state index in [9.17, 15) is 9.59 Å². The number of nitrogens with zero attached hydrogens (tertiary/aromatic N) is 2. The number of likely N-dealkylation sites (tertiary alicyclic amines) is 1. The number of pyridine rings is 1. The van der Waals surface area contributed by atoms with Crippen molar-refractivity contribution < 1.29 is 9.59 Å². The summed E-state index contributed by atoms with van der Waals surface area (Å²) >= 11 is 3.36. The molecule has 2 amide bonds. The standard InChI is InChI=1S/C12H14BrN3O2/c1-3-16-11(17)5-9(12(16)18)15-10-4-7(2)8(13)6-14-10/h4,6,9H,3,5H2,1-2H3,(H,14,15). The van der Waals surface area contributed by atoms with E-state index >= 15 is 0 Å². The summed E-state index contributed by atoms with van der Waals surface area (Å²) in [4.78, 5) is 28.9. The van der Waals surface area contributed by atoms with E-state index in [0.29, 0.717) is 12.4 Å². The minimum Gasteiger partial charge on any atom is -0.358 e. The number of likely N-dealkylation sites (N-methyl/N-ethyl adjacent to an activating group) is 1. The van der Waals surface area contributed by atoms with E-state index in [4.69, 9.17) is 0 Å². The topological polar surface area (TPSA) is 62.3 Å². The second-order valence-electron chi connectivity index (χ2n) is 4.20. The van der Waals surface area contributed by atoms with Gasteiger partial charge in [0.1, 0.15) is 11.9 Å². The van der Waals surface area contributed by atoms with Crippen molar-refractivity contribution in [3.8, 4) is 0 Å². The molecule has 1 fully saturated rings. The van der Waals surface area contributed by atoms with Crippen LogP contribution >= 0.6 is 15.9 Å². The molecule has 1 N–H and O–H groups in total. The number of hydrogen-bond acceptors (Lipinski definition) is 4. The van der Waals surface area contributed by atoms with Crippen LogP contribution in [0, 0.1) is 6.92 Å². The lowest BCUT2D eigenvalue weighted by Crippen LogP contribution is -2.34. The van der Waals surface area contributed by atoms with Crippen LogP contribution < -0.4 is 5.32 Å². The van der Waals surface area contributed by atoms with E-state index in [-0.39, 0.29) is 18.2 Å². The van der Waals surface area contributed by atoms with Gasteiger partial charge in [-0.25, -0.2) is 4.98 Å². The second kappa shape index (κ2) is 5.06. The Labute approximate surface area is 114 Å². The molecular weight excluding hydrogens is 298 g/mol. The molecule has 0 radical (unpaired) electrons. The van der Waals surface area contributed by atoms with E-state index in [1.165, 1.54) is 4.90 Å². The number of aryl methyl sites for hydroxylation is 1. The Balaban J connectivity index is 2.13. The van der Waals surface area contributed by atoms with Crippen molar-refractivity contribution in [3.63, 3.8) is 0 Å². The highest BCUT2D eigenvalue weighted by Gasteiger charge is 2.37. The maximum absolute atomic E-state index is 11.9. The minimum atomic E-state index is -0.495. The van der Waals surface area contributed by atoms with Gasteiger partial charge in [-0.3, -0.25) is 14.5 Å². The molecule has 1 aromatic rings. The zero-order valence-corrected chi connectivity index (χ0v) is 11.8. The van der Waals surface area contributed by atoms with E-state index in [2.05, 4.69) is 26.2 Å². The van der Waals surface area contributed by atoms with Gasteiger partial charge >= 0.3 is 0 Å². The van der Waals surface area contributed by atoms with E-state index in [1.807, 2.05) is 13.0 Å². The quantitative estimate of drug-likeness (QED) is 0.863. The Morgan fingerprint density at radius 2 is 2.28 bits per heavy atom. The van der Waals surface area contributed by atoms with Crippen LogP contribution in [0.4, 0.5) is 5.82 Å². The molecule has 1 aliphatic heterocycles. The fraction of sp³-hybridized carbons (Fsp3) is 0.417.